The molecule has 0 aliphatic heterocycles. The van der Waals surface area contributed by atoms with E-state index in [-0.39, 0.29) is 5.82 Å². The van der Waals surface area contributed by atoms with Crippen molar-refractivity contribution in [1.29, 1.82) is 0 Å². The van der Waals surface area contributed by atoms with Gasteiger partial charge in [-0.15, -0.1) is 0 Å². The molecule has 1 aliphatic rings. The van der Waals surface area contributed by atoms with Crippen molar-refractivity contribution >= 4 is 0 Å². The molecule has 1 aromatic rings. The molecule has 1 heteroatoms. The Morgan fingerprint density at radius 1 is 1.20 bits per heavy atom. The molecule has 15 heavy (non-hydrogen) atoms. The van der Waals surface area contributed by atoms with Gasteiger partial charge in [-0.2, -0.15) is 0 Å². The monoisotopic (exact) mass is 206 g/mol. The maximum atomic E-state index is 12.8. The SMILES string of the molecule is CCCC1CCC(c2ccc(F)cc2)C1. The van der Waals surface area contributed by atoms with Crippen molar-refractivity contribution in [3.63, 3.8) is 0 Å². The first kappa shape index (κ1) is 10.7. The molecule has 0 saturated heterocycles. The molecule has 1 aromatic carbocycles. The van der Waals surface area contributed by atoms with Crippen LogP contribution < -0.4 is 0 Å². The van der Waals surface area contributed by atoms with Gasteiger partial charge in [0.2, 0.25) is 0 Å². The fourth-order valence-electron chi connectivity index (χ4n) is 2.78. The van der Waals surface area contributed by atoms with Crippen molar-refractivity contribution in [3.8, 4) is 0 Å². The van der Waals surface area contributed by atoms with E-state index < -0.39 is 0 Å². The van der Waals surface area contributed by atoms with Gasteiger partial charge in [-0.1, -0.05) is 31.9 Å². The van der Waals surface area contributed by atoms with Crippen LogP contribution in [0.1, 0.15) is 50.5 Å². The first-order chi connectivity index (χ1) is 7.29. The van der Waals surface area contributed by atoms with E-state index in [9.17, 15) is 4.39 Å². The van der Waals surface area contributed by atoms with E-state index in [0.29, 0.717) is 5.92 Å². The molecule has 2 rings (SSSR count). The minimum Gasteiger partial charge on any atom is -0.207 e. The van der Waals surface area contributed by atoms with E-state index in [0.717, 1.165) is 5.92 Å². The highest BCUT2D eigenvalue weighted by atomic mass is 19.1. The average molecular weight is 206 g/mol. The first-order valence-corrected chi connectivity index (χ1v) is 6.05. The first-order valence-electron chi connectivity index (χ1n) is 6.05. The van der Waals surface area contributed by atoms with Crippen LogP contribution in [0.15, 0.2) is 24.3 Å². The van der Waals surface area contributed by atoms with Crippen molar-refractivity contribution in [2.45, 2.75) is 44.9 Å². The molecule has 82 valence electrons. The summed E-state index contributed by atoms with van der Waals surface area (Å²) >= 11 is 0. The quantitative estimate of drug-likeness (QED) is 0.682. The van der Waals surface area contributed by atoms with Crippen molar-refractivity contribution < 1.29 is 4.39 Å². The highest BCUT2D eigenvalue weighted by molar-refractivity contribution is 5.21. The van der Waals surface area contributed by atoms with Gasteiger partial charge in [0.05, 0.1) is 0 Å². The lowest BCUT2D eigenvalue weighted by Crippen LogP contribution is -1.95. The minimum absolute atomic E-state index is 0.123. The minimum atomic E-state index is -0.123. The molecule has 0 bridgehead atoms. The Morgan fingerprint density at radius 2 is 1.93 bits per heavy atom. The molecule has 2 atom stereocenters. The molecule has 0 heterocycles. The van der Waals surface area contributed by atoms with Crippen LogP contribution in [0.5, 0.6) is 0 Å². The van der Waals surface area contributed by atoms with Crippen LogP contribution in [0.4, 0.5) is 4.39 Å². The van der Waals surface area contributed by atoms with Crippen molar-refractivity contribution in [1.82, 2.24) is 0 Å². The van der Waals surface area contributed by atoms with Crippen LogP contribution in [-0.2, 0) is 0 Å². The standard InChI is InChI=1S/C14H19F/c1-2-3-11-4-5-13(10-11)12-6-8-14(15)9-7-12/h6-9,11,13H,2-5,10H2,1H3. The summed E-state index contributed by atoms with van der Waals surface area (Å²) < 4.78 is 12.8. The third-order valence-corrected chi connectivity index (χ3v) is 3.58. The van der Waals surface area contributed by atoms with E-state index in [1.807, 2.05) is 12.1 Å². The van der Waals surface area contributed by atoms with Crippen LogP contribution in [0.3, 0.4) is 0 Å². The summed E-state index contributed by atoms with van der Waals surface area (Å²) in [6, 6.07) is 7.08. The zero-order valence-corrected chi connectivity index (χ0v) is 9.38. The van der Waals surface area contributed by atoms with Gasteiger partial charge in [0.25, 0.3) is 0 Å². The lowest BCUT2D eigenvalue weighted by molar-refractivity contribution is 0.489. The summed E-state index contributed by atoms with van der Waals surface area (Å²) in [5.41, 5.74) is 1.33. The summed E-state index contributed by atoms with van der Waals surface area (Å²) in [5.74, 6) is 1.47. The third kappa shape index (κ3) is 2.58. The molecule has 0 N–H and O–H groups in total. The molecule has 2 unspecified atom stereocenters. The second-order valence-corrected chi connectivity index (χ2v) is 4.72. The van der Waals surface area contributed by atoms with Gasteiger partial charge < -0.3 is 0 Å². The lowest BCUT2D eigenvalue weighted by atomic mass is 9.95. The van der Waals surface area contributed by atoms with Gasteiger partial charge in [0.15, 0.2) is 0 Å². The number of hydrogen-bond donors (Lipinski definition) is 0. The van der Waals surface area contributed by atoms with Crippen LogP contribution >= 0.6 is 0 Å². The summed E-state index contributed by atoms with van der Waals surface area (Å²) in [6.45, 7) is 2.26. The Labute approximate surface area is 91.5 Å². The van der Waals surface area contributed by atoms with E-state index in [4.69, 9.17) is 0 Å². The molecular weight excluding hydrogens is 187 g/mol. The predicted molar refractivity (Wildman–Crippen MR) is 61.4 cm³/mol. The van der Waals surface area contributed by atoms with Crippen LogP contribution in [0.25, 0.3) is 0 Å². The number of halogens is 1. The van der Waals surface area contributed by atoms with Gasteiger partial charge >= 0.3 is 0 Å². The van der Waals surface area contributed by atoms with Crippen molar-refractivity contribution in [3.05, 3.63) is 35.6 Å². The number of rotatable bonds is 3. The van der Waals surface area contributed by atoms with Gasteiger partial charge in [0, 0.05) is 0 Å². The number of benzene rings is 1. The predicted octanol–water partition coefficient (Wildman–Crippen LogP) is 4.51. The maximum Gasteiger partial charge on any atom is 0.123 e. The second kappa shape index (κ2) is 4.78. The van der Waals surface area contributed by atoms with Gasteiger partial charge in [0.1, 0.15) is 5.82 Å². The van der Waals surface area contributed by atoms with Crippen LogP contribution in [-0.4, -0.2) is 0 Å². The van der Waals surface area contributed by atoms with Crippen molar-refractivity contribution in [2.75, 3.05) is 0 Å². The highest BCUT2D eigenvalue weighted by Crippen LogP contribution is 2.40. The molecule has 1 aliphatic carbocycles. The largest absolute Gasteiger partial charge is 0.207 e. The zero-order chi connectivity index (χ0) is 10.7. The maximum absolute atomic E-state index is 12.8. The van der Waals surface area contributed by atoms with Crippen molar-refractivity contribution in [2.24, 2.45) is 5.92 Å². The van der Waals surface area contributed by atoms with E-state index in [2.05, 4.69) is 6.92 Å². The second-order valence-electron chi connectivity index (χ2n) is 4.72. The summed E-state index contributed by atoms with van der Waals surface area (Å²) in [6.07, 6.45) is 6.60. The summed E-state index contributed by atoms with van der Waals surface area (Å²) in [4.78, 5) is 0. The molecular formula is C14H19F. The molecule has 0 nitrogen and oxygen atoms in total. The van der Waals surface area contributed by atoms with Gasteiger partial charge in [-0.25, -0.2) is 4.39 Å². The highest BCUT2D eigenvalue weighted by Gasteiger charge is 2.24. The van der Waals surface area contributed by atoms with Crippen LogP contribution in [0, 0.1) is 11.7 Å². The Hall–Kier alpha value is -0.850. The number of hydrogen-bond acceptors (Lipinski definition) is 0. The van der Waals surface area contributed by atoms with Gasteiger partial charge in [-0.3, -0.25) is 0 Å². The Kier molecular flexibility index (Phi) is 3.40. The Balaban J connectivity index is 1.98. The topological polar surface area (TPSA) is 0 Å². The third-order valence-electron chi connectivity index (χ3n) is 3.58. The van der Waals surface area contributed by atoms with Crippen LogP contribution in [0.2, 0.25) is 0 Å². The lowest BCUT2D eigenvalue weighted by Gasteiger charge is -2.10. The smallest absolute Gasteiger partial charge is 0.123 e. The molecule has 0 aromatic heterocycles. The van der Waals surface area contributed by atoms with E-state index in [1.54, 1.807) is 12.1 Å². The molecule has 0 amide bonds. The molecule has 1 saturated carbocycles. The Morgan fingerprint density at radius 3 is 2.60 bits per heavy atom. The summed E-state index contributed by atoms with van der Waals surface area (Å²) in [7, 11) is 0. The Bertz CT molecular complexity index is 302. The molecule has 1 fully saturated rings. The van der Waals surface area contributed by atoms with E-state index >= 15 is 0 Å². The van der Waals surface area contributed by atoms with E-state index in [1.165, 1.54) is 37.7 Å². The zero-order valence-electron chi connectivity index (χ0n) is 9.38. The average Bonchev–Trinajstić information content (AvgIpc) is 2.68. The normalized spacial score (nSPS) is 25.7. The molecule has 0 radical (unpaired) electrons. The fourth-order valence-corrected chi connectivity index (χ4v) is 2.78. The summed E-state index contributed by atoms with van der Waals surface area (Å²) in [5, 5.41) is 0. The molecule has 0 spiro atoms. The fraction of sp³-hybridized carbons (Fsp3) is 0.571. The van der Waals surface area contributed by atoms with Gasteiger partial charge in [-0.05, 0) is 48.8 Å².